The van der Waals surface area contributed by atoms with Gasteiger partial charge in [0.2, 0.25) is 0 Å². The summed E-state index contributed by atoms with van der Waals surface area (Å²) in [4.78, 5) is 11.7. The van der Waals surface area contributed by atoms with E-state index in [9.17, 15) is 14.3 Å². The van der Waals surface area contributed by atoms with Crippen LogP contribution in [0, 0.1) is 5.82 Å². The summed E-state index contributed by atoms with van der Waals surface area (Å²) in [6, 6.07) is 3.48. The molecule has 0 fully saturated rings. The minimum absolute atomic E-state index is 0.282. The highest BCUT2D eigenvalue weighted by Crippen LogP contribution is 2.21. The van der Waals surface area contributed by atoms with E-state index in [0.717, 1.165) is 16.5 Å². The second kappa shape index (κ2) is 7.43. The molecule has 2 atom stereocenters. The van der Waals surface area contributed by atoms with Gasteiger partial charge < -0.3 is 25.4 Å². The molecule has 0 aliphatic rings. The number of hydrogen-bond donors (Lipinski definition) is 4. The van der Waals surface area contributed by atoms with E-state index >= 15 is 0 Å². The van der Waals surface area contributed by atoms with E-state index in [4.69, 9.17) is 5.11 Å². The predicted molar refractivity (Wildman–Crippen MR) is 85.7 cm³/mol. The van der Waals surface area contributed by atoms with Gasteiger partial charge in [0.25, 0.3) is 0 Å². The monoisotopic (exact) mass is 323 g/mol. The number of aryl methyl sites for hydroxylation is 1. The molecule has 0 unspecified atom stereocenters. The summed E-state index contributed by atoms with van der Waals surface area (Å²) in [5.41, 5.74) is 1.82. The molecule has 23 heavy (non-hydrogen) atoms. The number of carbonyl (C=O) groups excluding carboxylic acids is 1. The zero-order valence-corrected chi connectivity index (χ0v) is 13.2. The molecule has 1 heterocycles. The topological polar surface area (TPSA) is 86.5 Å². The van der Waals surface area contributed by atoms with Gasteiger partial charge in [-0.2, -0.15) is 0 Å². The number of carbonyl (C=O) groups is 1. The number of rotatable bonds is 6. The van der Waals surface area contributed by atoms with Crippen molar-refractivity contribution in [2.45, 2.75) is 25.5 Å². The smallest absolute Gasteiger partial charge is 0.315 e. The molecule has 0 bridgehead atoms. The van der Waals surface area contributed by atoms with E-state index in [1.807, 2.05) is 17.8 Å². The van der Waals surface area contributed by atoms with Gasteiger partial charge in [-0.25, -0.2) is 9.18 Å². The van der Waals surface area contributed by atoms with Gasteiger partial charge in [-0.15, -0.1) is 0 Å². The Kier molecular flexibility index (Phi) is 5.57. The van der Waals surface area contributed by atoms with Crippen molar-refractivity contribution < 1.29 is 19.4 Å². The molecule has 1 aromatic carbocycles. The SMILES string of the molecule is C[C@@H](O)[C@@H](CO)NC(=O)NCCc1cn(C)c2cc(F)ccc12. The van der Waals surface area contributed by atoms with Crippen LogP contribution in [0.2, 0.25) is 0 Å². The van der Waals surface area contributed by atoms with Crippen molar-refractivity contribution in [2.75, 3.05) is 13.2 Å². The van der Waals surface area contributed by atoms with Crippen LogP contribution in [0.3, 0.4) is 0 Å². The maximum absolute atomic E-state index is 13.3. The van der Waals surface area contributed by atoms with Gasteiger partial charge >= 0.3 is 6.03 Å². The average molecular weight is 323 g/mol. The highest BCUT2D eigenvalue weighted by atomic mass is 19.1. The number of fused-ring (bicyclic) bond motifs is 1. The molecule has 2 aromatic rings. The Morgan fingerprint density at radius 2 is 2.17 bits per heavy atom. The standard InChI is InChI=1S/C16H22FN3O3/c1-10(22)14(9-21)19-16(23)18-6-5-11-8-20(2)15-7-12(17)3-4-13(11)15/h3-4,7-8,10,14,21-22H,5-6,9H2,1-2H3,(H2,18,19,23)/t10-,14-/m1/s1. The molecule has 0 aliphatic heterocycles. The van der Waals surface area contributed by atoms with Crippen molar-refractivity contribution >= 4 is 16.9 Å². The molecule has 0 saturated carbocycles. The Labute approximate surface area is 133 Å². The maximum Gasteiger partial charge on any atom is 0.315 e. The lowest BCUT2D eigenvalue weighted by atomic mass is 10.1. The zero-order chi connectivity index (χ0) is 17.0. The molecular weight excluding hydrogens is 301 g/mol. The molecule has 0 radical (unpaired) electrons. The van der Waals surface area contributed by atoms with E-state index in [-0.39, 0.29) is 12.4 Å². The Hall–Kier alpha value is -2.12. The van der Waals surface area contributed by atoms with Crippen LogP contribution in [0.4, 0.5) is 9.18 Å². The lowest BCUT2D eigenvalue weighted by Gasteiger charge is -2.19. The van der Waals surface area contributed by atoms with Gasteiger partial charge in [0.1, 0.15) is 5.82 Å². The van der Waals surface area contributed by atoms with Crippen LogP contribution < -0.4 is 10.6 Å². The molecule has 0 saturated heterocycles. The number of benzene rings is 1. The fourth-order valence-corrected chi connectivity index (χ4v) is 2.49. The van der Waals surface area contributed by atoms with Gasteiger partial charge in [0, 0.05) is 25.2 Å². The van der Waals surface area contributed by atoms with Gasteiger partial charge in [0.15, 0.2) is 0 Å². The van der Waals surface area contributed by atoms with Crippen LogP contribution in [-0.4, -0.2) is 46.1 Å². The fraction of sp³-hybridized carbons (Fsp3) is 0.438. The van der Waals surface area contributed by atoms with E-state index < -0.39 is 18.2 Å². The lowest BCUT2D eigenvalue weighted by Crippen LogP contribution is -2.49. The summed E-state index contributed by atoms with van der Waals surface area (Å²) >= 11 is 0. The second-order valence-electron chi connectivity index (χ2n) is 5.61. The molecule has 6 nitrogen and oxygen atoms in total. The number of nitrogens with zero attached hydrogens (tertiary/aromatic N) is 1. The third kappa shape index (κ3) is 4.20. The quantitative estimate of drug-likeness (QED) is 0.637. The number of aliphatic hydroxyl groups excluding tert-OH is 2. The first kappa shape index (κ1) is 17.2. The number of amides is 2. The lowest BCUT2D eigenvalue weighted by molar-refractivity contribution is 0.107. The minimum atomic E-state index is -0.835. The van der Waals surface area contributed by atoms with Crippen molar-refractivity contribution in [2.24, 2.45) is 7.05 Å². The van der Waals surface area contributed by atoms with Gasteiger partial charge in [-0.3, -0.25) is 0 Å². The normalized spacial score (nSPS) is 13.8. The molecule has 1 aromatic heterocycles. The molecule has 2 rings (SSSR count). The van der Waals surface area contributed by atoms with Crippen molar-refractivity contribution in [3.8, 4) is 0 Å². The number of aromatic nitrogens is 1. The van der Waals surface area contributed by atoms with Crippen LogP contribution in [0.5, 0.6) is 0 Å². The molecule has 0 aliphatic carbocycles. The maximum atomic E-state index is 13.3. The summed E-state index contributed by atoms with van der Waals surface area (Å²) < 4.78 is 15.1. The zero-order valence-electron chi connectivity index (χ0n) is 13.2. The van der Waals surface area contributed by atoms with Crippen molar-refractivity contribution in [1.82, 2.24) is 15.2 Å². The molecular formula is C16H22FN3O3. The second-order valence-corrected chi connectivity index (χ2v) is 5.61. The molecule has 4 N–H and O–H groups in total. The summed E-state index contributed by atoms with van der Waals surface area (Å²) in [7, 11) is 1.85. The number of aliphatic hydroxyl groups is 2. The summed E-state index contributed by atoms with van der Waals surface area (Å²) in [6.45, 7) is 1.55. The minimum Gasteiger partial charge on any atom is -0.394 e. The Morgan fingerprint density at radius 3 is 2.83 bits per heavy atom. The van der Waals surface area contributed by atoms with Crippen molar-refractivity contribution in [1.29, 1.82) is 0 Å². The van der Waals surface area contributed by atoms with E-state index in [1.54, 1.807) is 6.07 Å². The van der Waals surface area contributed by atoms with Gasteiger partial charge in [0.05, 0.1) is 24.3 Å². The highest BCUT2D eigenvalue weighted by molar-refractivity contribution is 5.84. The summed E-state index contributed by atoms with van der Waals surface area (Å²) in [5, 5.41) is 24.6. The highest BCUT2D eigenvalue weighted by Gasteiger charge is 2.16. The van der Waals surface area contributed by atoms with Crippen molar-refractivity contribution in [3.05, 3.63) is 35.8 Å². The third-order valence-electron chi connectivity index (χ3n) is 3.81. The number of nitrogens with one attached hydrogen (secondary N) is 2. The number of halogens is 1. The van der Waals surface area contributed by atoms with Crippen LogP contribution in [-0.2, 0) is 13.5 Å². The third-order valence-corrected chi connectivity index (χ3v) is 3.81. The predicted octanol–water partition coefficient (Wildman–Crippen LogP) is 0.901. The first-order chi connectivity index (χ1) is 10.9. The Bertz CT molecular complexity index is 685. The van der Waals surface area contributed by atoms with Crippen molar-refractivity contribution in [3.63, 3.8) is 0 Å². The summed E-state index contributed by atoms with van der Waals surface area (Å²) in [6.07, 6.45) is 1.67. The van der Waals surface area contributed by atoms with Crippen LogP contribution in [0.15, 0.2) is 24.4 Å². The summed E-state index contributed by atoms with van der Waals surface area (Å²) in [5.74, 6) is -0.282. The first-order valence-electron chi connectivity index (χ1n) is 7.49. The molecule has 0 spiro atoms. The first-order valence-corrected chi connectivity index (χ1v) is 7.49. The fourth-order valence-electron chi connectivity index (χ4n) is 2.49. The molecule has 7 heteroatoms. The van der Waals surface area contributed by atoms with Gasteiger partial charge in [-0.05, 0) is 37.1 Å². The van der Waals surface area contributed by atoms with Crippen LogP contribution in [0.1, 0.15) is 12.5 Å². The van der Waals surface area contributed by atoms with Crippen LogP contribution in [0.25, 0.3) is 10.9 Å². The van der Waals surface area contributed by atoms with E-state index in [0.29, 0.717) is 13.0 Å². The Morgan fingerprint density at radius 1 is 1.43 bits per heavy atom. The largest absolute Gasteiger partial charge is 0.394 e. The van der Waals surface area contributed by atoms with Gasteiger partial charge in [-0.1, -0.05) is 0 Å². The van der Waals surface area contributed by atoms with E-state index in [1.165, 1.54) is 19.1 Å². The molecule has 126 valence electrons. The Balaban J connectivity index is 1.93. The number of hydrogen-bond acceptors (Lipinski definition) is 3. The van der Waals surface area contributed by atoms with E-state index in [2.05, 4.69) is 10.6 Å². The number of urea groups is 1. The van der Waals surface area contributed by atoms with Crippen LogP contribution >= 0.6 is 0 Å². The molecule has 2 amide bonds. The average Bonchev–Trinajstić information content (AvgIpc) is 2.80.